The molecule has 0 atom stereocenters. The monoisotopic (exact) mass is 431 g/mol. The first-order valence-electron chi connectivity index (χ1n) is 9.57. The summed E-state index contributed by atoms with van der Waals surface area (Å²) in [5, 5.41) is 6.09. The number of carbonyl (C=O) groups excluding carboxylic acids is 1. The van der Waals surface area contributed by atoms with Gasteiger partial charge in [0, 0.05) is 25.9 Å². The first-order valence-corrected chi connectivity index (χ1v) is 11.0. The van der Waals surface area contributed by atoms with Gasteiger partial charge in [-0.2, -0.15) is 4.31 Å². The Hall–Kier alpha value is -1.19. The molecule has 0 aliphatic carbocycles. The number of rotatable bonds is 5. The highest BCUT2D eigenvalue weighted by Crippen LogP contribution is 2.28. The van der Waals surface area contributed by atoms with E-state index < -0.39 is 15.6 Å². The number of ether oxygens (including phenoxy) is 1. The van der Waals surface area contributed by atoms with Gasteiger partial charge in [-0.25, -0.2) is 8.42 Å². The molecule has 3 rings (SSSR count). The molecular formula is C19H30ClN3O4S. The smallest absolute Gasteiger partial charge is 0.256 e. The van der Waals surface area contributed by atoms with Crippen LogP contribution >= 0.6 is 12.4 Å². The van der Waals surface area contributed by atoms with E-state index in [-0.39, 0.29) is 23.2 Å². The van der Waals surface area contributed by atoms with Crippen molar-refractivity contribution in [1.82, 2.24) is 9.62 Å². The Morgan fingerprint density at radius 3 is 2.43 bits per heavy atom. The third-order valence-electron chi connectivity index (χ3n) is 5.59. The maximum Gasteiger partial charge on any atom is 0.256 e. The molecule has 0 bridgehead atoms. The summed E-state index contributed by atoms with van der Waals surface area (Å²) in [7, 11) is -2.01. The molecule has 0 aromatic heterocycles. The zero-order chi connectivity index (χ0) is 19.5. The minimum atomic E-state index is -3.56. The third kappa shape index (κ3) is 4.68. The molecule has 0 spiro atoms. The number of aryl methyl sites for hydroxylation is 1. The van der Waals surface area contributed by atoms with Crippen LogP contribution in [0.2, 0.25) is 0 Å². The summed E-state index contributed by atoms with van der Waals surface area (Å²) in [5.41, 5.74) is 0.292. The fourth-order valence-corrected chi connectivity index (χ4v) is 5.57. The number of hydrogen-bond acceptors (Lipinski definition) is 5. The first-order chi connectivity index (χ1) is 12.9. The topological polar surface area (TPSA) is 87.7 Å². The van der Waals surface area contributed by atoms with Crippen molar-refractivity contribution in [1.29, 1.82) is 0 Å². The Bertz CT molecular complexity index is 788. The summed E-state index contributed by atoms with van der Waals surface area (Å²) in [5.74, 6) is -0.225. The molecule has 2 N–H and O–H groups in total. The van der Waals surface area contributed by atoms with Crippen molar-refractivity contribution >= 4 is 34.0 Å². The van der Waals surface area contributed by atoms with Crippen molar-refractivity contribution in [3.05, 3.63) is 23.8 Å². The van der Waals surface area contributed by atoms with Gasteiger partial charge in [0.05, 0.1) is 4.90 Å². The van der Waals surface area contributed by atoms with Crippen molar-refractivity contribution in [2.45, 2.75) is 49.5 Å². The molecule has 7 nitrogen and oxygen atoms in total. The van der Waals surface area contributed by atoms with Crippen LogP contribution in [-0.4, -0.2) is 57.5 Å². The molecule has 2 fully saturated rings. The van der Waals surface area contributed by atoms with Gasteiger partial charge in [-0.15, -0.1) is 12.4 Å². The molecular weight excluding hydrogens is 402 g/mol. The van der Waals surface area contributed by atoms with Crippen LogP contribution in [0.5, 0.6) is 0 Å². The minimum Gasteiger partial charge on any atom is -0.368 e. The average Bonchev–Trinajstić information content (AvgIpc) is 2.70. The maximum absolute atomic E-state index is 13.0. The van der Waals surface area contributed by atoms with Gasteiger partial charge >= 0.3 is 0 Å². The zero-order valence-electron chi connectivity index (χ0n) is 16.5. The lowest BCUT2D eigenvalue weighted by atomic mass is 9.91. The second-order valence-corrected chi connectivity index (χ2v) is 9.25. The highest BCUT2D eigenvalue weighted by Gasteiger charge is 2.40. The second-order valence-electron chi connectivity index (χ2n) is 7.35. The Balaban J connectivity index is 0.00000280. The van der Waals surface area contributed by atoms with Gasteiger partial charge in [-0.1, -0.05) is 12.5 Å². The number of hydrogen-bond donors (Lipinski definition) is 2. The van der Waals surface area contributed by atoms with Gasteiger partial charge in [0.15, 0.2) is 0 Å². The highest BCUT2D eigenvalue weighted by atomic mass is 35.5. The van der Waals surface area contributed by atoms with Crippen molar-refractivity contribution < 1.29 is 17.9 Å². The number of amides is 1. The van der Waals surface area contributed by atoms with Crippen LogP contribution in [0.15, 0.2) is 23.1 Å². The normalized spacial score (nSPS) is 20.2. The van der Waals surface area contributed by atoms with Gasteiger partial charge in [0.25, 0.3) is 5.91 Å². The number of nitrogens with one attached hydrogen (secondary N) is 2. The molecule has 1 aromatic rings. The van der Waals surface area contributed by atoms with Crippen molar-refractivity contribution in [3.8, 4) is 0 Å². The molecule has 1 aromatic carbocycles. The summed E-state index contributed by atoms with van der Waals surface area (Å²) in [6.07, 6.45) is 4.01. The zero-order valence-corrected chi connectivity index (χ0v) is 18.1. The summed E-state index contributed by atoms with van der Waals surface area (Å²) in [6.45, 7) is 4.32. The fourth-order valence-electron chi connectivity index (χ4n) is 3.80. The Morgan fingerprint density at radius 2 is 1.82 bits per heavy atom. The predicted octanol–water partition coefficient (Wildman–Crippen LogP) is 2.30. The predicted molar refractivity (Wildman–Crippen MR) is 112 cm³/mol. The molecule has 2 aliphatic rings. The van der Waals surface area contributed by atoms with Crippen LogP contribution in [-0.2, 0) is 19.6 Å². The summed E-state index contributed by atoms with van der Waals surface area (Å²) in [6, 6.07) is 5.06. The number of halogens is 1. The molecule has 2 saturated heterocycles. The van der Waals surface area contributed by atoms with E-state index in [1.807, 2.05) is 0 Å². The average molecular weight is 432 g/mol. The van der Waals surface area contributed by atoms with E-state index >= 15 is 0 Å². The SMILES string of the molecule is COC1(C(=O)Nc2ccc(C)c(S(=O)(=O)N3CCCCC3)c2)CCNCC1.Cl. The number of methoxy groups -OCH3 is 1. The summed E-state index contributed by atoms with van der Waals surface area (Å²) < 4.78 is 33.2. The lowest BCUT2D eigenvalue weighted by molar-refractivity contribution is -0.140. The van der Waals surface area contributed by atoms with E-state index in [4.69, 9.17) is 4.74 Å². The van der Waals surface area contributed by atoms with E-state index in [1.165, 1.54) is 0 Å². The minimum absolute atomic E-state index is 0. The van der Waals surface area contributed by atoms with Gasteiger partial charge in [0.1, 0.15) is 5.60 Å². The van der Waals surface area contributed by atoms with Gasteiger partial charge in [-0.05, 0) is 63.4 Å². The number of nitrogens with zero attached hydrogens (tertiary/aromatic N) is 1. The highest BCUT2D eigenvalue weighted by molar-refractivity contribution is 7.89. The van der Waals surface area contributed by atoms with Crippen molar-refractivity contribution in [3.63, 3.8) is 0 Å². The van der Waals surface area contributed by atoms with Crippen LogP contribution in [0.1, 0.15) is 37.7 Å². The second kappa shape index (κ2) is 9.54. The number of benzene rings is 1. The van der Waals surface area contributed by atoms with Crippen LogP contribution in [0.25, 0.3) is 0 Å². The number of carbonyl (C=O) groups is 1. The summed E-state index contributed by atoms with van der Waals surface area (Å²) >= 11 is 0. The molecule has 1 amide bonds. The van der Waals surface area contributed by atoms with E-state index in [0.717, 1.165) is 19.3 Å². The lowest BCUT2D eigenvalue weighted by Crippen LogP contribution is -2.51. The van der Waals surface area contributed by atoms with E-state index in [9.17, 15) is 13.2 Å². The number of anilines is 1. The van der Waals surface area contributed by atoms with E-state index in [1.54, 1.807) is 36.5 Å². The molecule has 0 unspecified atom stereocenters. The van der Waals surface area contributed by atoms with E-state index in [2.05, 4.69) is 10.6 Å². The van der Waals surface area contributed by atoms with Gasteiger partial charge < -0.3 is 15.4 Å². The van der Waals surface area contributed by atoms with Crippen LogP contribution in [0, 0.1) is 6.92 Å². The molecule has 0 radical (unpaired) electrons. The van der Waals surface area contributed by atoms with Crippen LogP contribution in [0.4, 0.5) is 5.69 Å². The molecule has 2 aliphatic heterocycles. The number of sulfonamides is 1. The van der Waals surface area contributed by atoms with Crippen LogP contribution < -0.4 is 10.6 Å². The van der Waals surface area contributed by atoms with Crippen molar-refractivity contribution in [2.24, 2.45) is 0 Å². The largest absolute Gasteiger partial charge is 0.368 e. The number of piperidine rings is 2. The molecule has 9 heteroatoms. The quantitative estimate of drug-likeness (QED) is 0.746. The Kier molecular flexibility index (Phi) is 7.87. The van der Waals surface area contributed by atoms with Gasteiger partial charge in [0.2, 0.25) is 10.0 Å². The molecule has 2 heterocycles. The fraction of sp³-hybridized carbons (Fsp3) is 0.632. The molecule has 28 heavy (non-hydrogen) atoms. The standard InChI is InChI=1S/C19H29N3O4S.ClH/c1-15-6-7-16(21-18(23)19(26-2)8-10-20-11-9-19)14-17(15)27(24,25)22-12-4-3-5-13-22;/h6-7,14,20H,3-5,8-13H2,1-2H3,(H,21,23);1H. The Labute approximate surface area is 173 Å². The lowest BCUT2D eigenvalue weighted by Gasteiger charge is -2.34. The molecule has 158 valence electrons. The van der Waals surface area contributed by atoms with E-state index in [0.29, 0.717) is 50.3 Å². The van der Waals surface area contributed by atoms with Crippen LogP contribution in [0.3, 0.4) is 0 Å². The van der Waals surface area contributed by atoms with Crippen molar-refractivity contribution in [2.75, 3.05) is 38.6 Å². The Morgan fingerprint density at radius 1 is 1.18 bits per heavy atom. The third-order valence-corrected chi connectivity index (χ3v) is 7.64. The maximum atomic E-state index is 13.0. The molecule has 0 saturated carbocycles. The summed E-state index contributed by atoms with van der Waals surface area (Å²) in [4.78, 5) is 13.1. The first kappa shape index (κ1) is 23.1. The van der Waals surface area contributed by atoms with Gasteiger partial charge in [-0.3, -0.25) is 4.79 Å².